The molecule has 6 nitrogen and oxygen atoms in total. The Hall–Kier alpha value is -0.785. The van der Waals surface area contributed by atoms with Gasteiger partial charge in [0.2, 0.25) is 0 Å². The number of rotatable bonds is 2. The summed E-state index contributed by atoms with van der Waals surface area (Å²) in [5.74, 6) is 0. The van der Waals surface area contributed by atoms with Gasteiger partial charge in [0, 0.05) is 0 Å². The predicted molar refractivity (Wildman–Crippen MR) is 22.4 cm³/mol. The SMILES string of the molecule is O=C(O)NOB(O)O. The van der Waals surface area contributed by atoms with Crippen molar-refractivity contribution in [2.45, 2.75) is 0 Å². The zero-order valence-electron chi connectivity index (χ0n) is 3.74. The van der Waals surface area contributed by atoms with E-state index in [0.717, 1.165) is 0 Å². The number of amides is 1. The summed E-state index contributed by atoms with van der Waals surface area (Å²) in [5, 5.41) is 23.3. The highest BCUT2D eigenvalue weighted by Gasteiger charge is 2.09. The number of hydrogen-bond acceptors (Lipinski definition) is 4. The average Bonchev–Trinajstić information content (AvgIpc) is 1.61. The Kier molecular flexibility index (Phi) is 2.93. The van der Waals surface area contributed by atoms with Gasteiger partial charge in [-0.2, -0.15) is 0 Å². The van der Waals surface area contributed by atoms with Gasteiger partial charge in [-0.05, 0) is 0 Å². The minimum Gasteiger partial charge on any atom is -0.464 e. The molecule has 0 heterocycles. The third-order valence-electron chi connectivity index (χ3n) is 0.252. The number of nitrogens with one attached hydrogen (secondary N) is 1. The van der Waals surface area contributed by atoms with Crippen LogP contribution >= 0.6 is 0 Å². The first-order valence-electron chi connectivity index (χ1n) is 1.63. The second-order valence-corrected chi connectivity index (χ2v) is 0.851. The standard InChI is InChI=1S/CH4BNO5/c4-1(5)3-8-2(6)7/h3,6-7H,(H,4,5). The fourth-order valence-corrected chi connectivity index (χ4v) is 0.103. The first-order chi connectivity index (χ1) is 3.63. The normalized spacial score (nSPS) is 8.25. The molecule has 0 spiro atoms. The van der Waals surface area contributed by atoms with Crippen LogP contribution in [-0.2, 0) is 4.76 Å². The first kappa shape index (κ1) is 7.21. The van der Waals surface area contributed by atoms with Crippen molar-refractivity contribution in [2.24, 2.45) is 0 Å². The van der Waals surface area contributed by atoms with E-state index in [0.29, 0.717) is 0 Å². The second-order valence-electron chi connectivity index (χ2n) is 0.851. The number of carbonyl (C=O) groups is 1. The lowest BCUT2D eigenvalue weighted by molar-refractivity contribution is 0.0937. The molecule has 0 atom stereocenters. The molecule has 0 rings (SSSR count). The fourth-order valence-electron chi connectivity index (χ4n) is 0.103. The lowest BCUT2D eigenvalue weighted by Gasteiger charge is -1.96. The van der Waals surface area contributed by atoms with Crippen molar-refractivity contribution >= 4 is 13.4 Å². The van der Waals surface area contributed by atoms with Gasteiger partial charge in [0.15, 0.2) is 0 Å². The monoisotopic (exact) mass is 121 g/mol. The summed E-state index contributed by atoms with van der Waals surface area (Å²) in [6, 6.07) is 0. The second kappa shape index (κ2) is 3.25. The smallest absolute Gasteiger partial charge is 0.464 e. The van der Waals surface area contributed by atoms with E-state index in [-0.39, 0.29) is 0 Å². The lowest BCUT2D eigenvalue weighted by Crippen LogP contribution is -2.31. The third kappa shape index (κ3) is 5.21. The largest absolute Gasteiger partial charge is 0.656 e. The van der Waals surface area contributed by atoms with Crippen molar-refractivity contribution in [3.8, 4) is 0 Å². The van der Waals surface area contributed by atoms with E-state index in [2.05, 4.69) is 4.76 Å². The van der Waals surface area contributed by atoms with Crippen molar-refractivity contribution in [3.05, 3.63) is 0 Å². The summed E-state index contributed by atoms with van der Waals surface area (Å²) in [4.78, 5) is 9.45. The zero-order valence-corrected chi connectivity index (χ0v) is 3.74. The van der Waals surface area contributed by atoms with Gasteiger partial charge in [-0.1, -0.05) is 0 Å². The maximum atomic E-state index is 9.45. The summed E-state index contributed by atoms with van der Waals surface area (Å²) < 4.78 is 3.56. The highest BCUT2D eigenvalue weighted by molar-refractivity contribution is 6.32. The molecule has 0 aliphatic rings. The Morgan fingerprint density at radius 1 is 1.62 bits per heavy atom. The van der Waals surface area contributed by atoms with Crippen LogP contribution in [-0.4, -0.2) is 28.6 Å². The van der Waals surface area contributed by atoms with Crippen molar-refractivity contribution in [1.29, 1.82) is 0 Å². The summed E-state index contributed by atoms with van der Waals surface area (Å²) >= 11 is 0. The van der Waals surface area contributed by atoms with Crippen LogP contribution in [0.2, 0.25) is 0 Å². The molecule has 7 heteroatoms. The molecule has 4 N–H and O–H groups in total. The molecular weight excluding hydrogens is 117 g/mol. The van der Waals surface area contributed by atoms with Crippen molar-refractivity contribution < 1.29 is 24.7 Å². The average molecular weight is 121 g/mol. The quantitative estimate of drug-likeness (QED) is 0.254. The van der Waals surface area contributed by atoms with E-state index < -0.39 is 13.4 Å². The van der Waals surface area contributed by atoms with E-state index in [1.54, 1.807) is 0 Å². The molecule has 0 aromatic heterocycles. The molecule has 0 bridgehead atoms. The minimum atomic E-state index is -2.11. The number of carboxylic acid groups (broad SMARTS) is 1. The van der Waals surface area contributed by atoms with Crippen LogP contribution in [0, 0.1) is 0 Å². The van der Waals surface area contributed by atoms with E-state index in [9.17, 15) is 4.79 Å². The number of hydrogen-bond donors (Lipinski definition) is 4. The maximum absolute atomic E-state index is 9.45. The molecule has 0 fully saturated rings. The van der Waals surface area contributed by atoms with Gasteiger partial charge in [-0.3, -0.25) is 4.76 Å². The summed E-state index contributed by atoms with van der Waals surface area (Å²) in [6.45, 7) is 0. The zero-order chi connectivity index (χ0) is 6.57. The molecule has 46 valence electrons. The Labute approximate surface area is 44.8 Å². The van der Waals surface area contributed by atoms with Crippen molar-refractivity contribution in [2.75, 3.05) is 0 Å². The van der Waals surface area contributed by atoms with Gasteiger partial charge in [0.1, 0.15) is 0 Å². The topological polar surface area (TPSA) is 99.0 Å². The molecule has 0 aromatic rings. The van der Waals surface area contributed by atoms with Crippen molar-refractivity contribution in [3.63, 3.8) is 0 Å². The van der Waals surface area contributed by atoms with Crippen LogP contribution in [0.4, 0.5) is 4.79 Å². The highest BCUT2D eigenvalue weighted by atomic mass is 16.7. The van der Waals surface area contributed by atoms with Crippen LogP contribution in [0.1, 0.15) is 0 Å². The molecule has 1 amide bonds. The molecule has 8 heavy (non-hydrogen) atoms. The van der Waals surface area contributed by atoms with Crippen molar-refractivity contribution in [1.82, 2.24) is 5.48 Å². The van der Waals surface area contributed by atoms with Gasteiger partial charge in [-0.25, -0.2) is 10.3 Å². The molecule has 0 aliphatic carbocycles. The van der Waals surface area contributed by atoms with E-state index in [1.807, 2.05) is 0 Å². The van der Waals surface area contributed by atoms with Crippen LogP contribution < -0.4 is 5.48 Å². The maximum Gasteiger partial charge on any atom is 0.656 e. The third-order valence-corrected chi connectivity index (χ3v) is 0.252. The molecular formula is CH4BNO5. The molecule has 0 saturated heterocycles. The van der Waals surface area contributed by atoms with Crippen LogP contribution in [0.15, 0.2) is 0 Å². The summed E-state index contributed by atoms with van der Waals surface area (Å²) in [7, 11) is -2.11. The van der Waals surface area contributed by atoms with Crippen LogP contribution in [0.25, 0.3) is 0 Å². The van der Waals surface area contributed by atoms with Gasteiger partial charge in [-0.15, -0.1) is 0 Å². The van der Waals surface area contributed by atoms with Crippen LogP contribution in [0.3, 0.4) is 0 Å². The highest BCUT2D eigenvalue weighted by Crippen LogP contribution is 1.66. The fraction of sp³-hybridized carbons (Fsp3) is 0. The van der Waals surface area contributed by atoms with E-state index in [4.69, 9.17) is 15.2 Å². The lowest BCUT2D eigenvalue weighted by atomic mass is 10.3. The Balaban J connectivity index is 3.05. The van der Waals surface area contributed by atoms with E-state index in [1.165, 1.54) is 5.48 Å². The summed E-state index contributed by atoms with van der Waals surface area (Å²) in [6.07, 6.45) is -1.49. The summed E-state index contributed by atoms with van der Waals surface area (Å²) in [5.41, 5.74) is 1.26. The molecule has 0 radical (unpaired) electrons. The predicted octanol–water partition coefficient (Wildman–Crippen LogP) is -1.84. The Morgan fingerprint density at radius 2 is 2.12 bits per heavy atom. The molecule has 0 saturated carbocycles. The number of hydroxylamine groups is 1. The first-order valence-corrected chi connectivity index (χ1v) is 1.63. The Morgan fingerprint density at radius 3 is 2.25 bits per heavy atom. The molecule has 0 unspecified atom stereocenters. The van der Waals surface area contributed by atoms with Gasteiger partial charge < -0.3 is 15.2 Å². The van der Waals surface area contributed by atoms with Gasteiger partial charge in [0.25, 0.3) is 0 Å². The minimum absolute atomic E-state index is 1.26. The van der Waals surface area contributed by atoms with Crippen LogP contribution in [0.5, 0.6) is 0 Å². The van der Waals surface area contributed by atoms with Gasteiger partial charge >= 0.3 is 13.4 Å². The van der Waals surface area contributed by atoms with E-state index >= 15 is 0 Å². The Bertz CT molecular complexity index is 82.5. The molecule has 0 aliphatic heterocycles. The van der Waals surface area contributed by atoms with Gasteiger partial charge in [0.05, 0.1) is 0 Å². The molecule has 0 aromatic carbocycles.